The van der Waals surface area contributed by atoms with Crippen LogP contribution in [-0.4, -0.2) is 24.8 Å². The zero-order valence-electron chi connectivity index (χ0n) is 6.76. The average molecular weight is 159 g/mol. The first-order chi connectivity index (χ1) is 5.26. The minimum Gasteiger partial charge on any atom is -0.466 e. The van der Waals surface area contributed by atoms with Gasteiger partial charge in [-0.15, -0.1) is 0 Å². The van der Waals surface area contributed by atoms with Crippen molar-refractivity contribution >= 4 is 5.97 Å². The molecule has 11 heavy (non-hydrogen) atoms. The molecular weight excluding hydrogens is 146 g/mol. The lowest BCUT2D eigenvalue weighted by Gasteiger charge is -2.00. The van der Waals surface area contributed by atoms with E-state index in [1.165, 1.54) is 7.11 Å². The van der Waals surface area contributed by atoms with Gasteiger partial charge in [0.25, 0.3) is 0 Å². The summed E-state index contributed by atoms with van der Waals surface area (Å²) in [7, 11) is 1.33. The number of ether oxygens (including phenoxy) is 1. The largest absolute Gasteiger partial charge is 0.466 e. The van der Waals surface area contributed by atoms with Gasteiger partial charge in [0.2, 0.25) is 0 Å². The van der Waals surface area contributed by atoms with E-state index in [0.29, 0.717) is 12.0 Å². The van der Waals surface area contributed by atoms with Crippen molar-refractivity contribution < 1.29 is 14.7 Å². The van der Waals surface area contributed by atoms with Crippen molar-refractivity contribution in [2.24, 2.45) is 0 Å². The number of hydrogen-bond donors (Lipinski definition) is 2. The van der Waals surface area contributed by atoms with E-state index in [1.807, 2.05) is 12.4 Å². The van der Waals surface area contributed by atoms with E-state index in [9.17, 15) is 4.79 Å². The first-order valence-electron chi connectivity index (χ1n) is 3.40. The molecule has 0 amide bonds. The maximum absolute atomic E-state index is 10.8. The van der Waals surface area contributed by atoms with Crippen molar-refractivity contribution in [3.05, 3.63) is 11.6 Å². The summed E-state index contributed by atoms with van der Waals surface area (Å²) in [4.78, 5) is 10.8. The van der Waals surface area contributed by atoms with Crippen molar-refractivity contribution in [2.75, 3.05) is 13.7 Å². The molecule has 0 aromatic heterocycles. The van der Waals surface area contributed by atoms with E-state index in [4.69, 9.17) is 5.21 Å². The van der Waals surface area contributed by atoms with Crippen LogP contribution >= 0.6 is 0 Å². The lowest BCUT2D eigenvalue weighted by molar-refractivity contribution is -0.136. The summed E-state index contributed by atoms with van der Waals surface area (Å²) in [6.45, 7) is 2.11. The standard InChI is InChI=1S/C7H13NO3/c1-3-6(4-5-8-10)7(9)11-2/h4,8,10H,3,5H2,1-2H3. The van der Waals surface area contributed by atoms with Crippen LogP contribution in [0.25, 0.3) is 0 Å². The molecule has 0 fully saturated rings. The quantitative estimate of drug-likeness (QED) is 0.356. The summed E-state index contributed by atoms with van der Waals surface area (Å²) in [6, 6.07) is 0. The predicted octanol–water partition coefficient (Wildman–Crippen LogP) is 0.475. The van der Waals surface area contributed by atoms with Crippen molar-refractivity contribution in [3.63, 3.8) is 0 Å². The Hall–Kier alpha value is -0.870. The van der Waals surface area contributed by atoms with E-state index in [2.05, 4.69) is 4.74 Å². The van der Waals surface area contributed by atoms with Gasteiger partial charge in [-0.2, -0.15) is 0 Å². The second-order valence-corrected chi connectivity index (χ2v) is 1.94. The fourth-order valence-corrected chi connectivity index (χ4v) is 0.672. The van der Waals surface area contributed by atoms with Crippen molar-refractivity contribution in [1.82, 2.24) is 5.48 Å². The highest BCUT2D eigenvalue weighted by atomic mass is 16.5. The highest BCUT2D eigenvalue weighted by Crippen LogP contribution is 2.01. The minimum absolute atomic E-state index is 0.262. The van der Waals surface area contributed by atoms with E-state index in [-0.39, 0.29) is 12.5 Å². The van der Waals surface area contributed by atoms with Crippen LogP contribution in [0.15, 0.2) is 11.6 Å². The minimum atomic E-state index is -0.345. The van der Waals surface area contributed by atoms with E-state index < -0.39 is 0 Å². The first-order valence-corrected chi connectivity index (χ1v) is 3.40. The molecule has 0 bridgehead atoms. The van der Waals surface area contributed by atoms with Crippen LogP contribution in [0.2, 0.25) is 0 Å². The molecule has 0 saturated heterocycles. The van der Waals surface area contributed by atoms with Crippen molar-refractivity contribution in [1.29, 1.82) is 0 Å². The number of hydroxylamine groups is 1. The number of carbonyl (C=O) groups is 1. The highest BCUT2D eigenvalue weighted by molar-refractivity contribution is 5.88. The van der Waals surface area contributed by atoms with E-state index >= 15 is 0 Å². The number of rotatable bonds is 4. The molecule has 0 aliphatic rings. The summed E-state index contributed by atoms with van der Waals surface area (Å²) >= 11 is 0. The molecular formula is C7H13NO3. The zero-order chi connectivity index (χ0) is 8.69. The highest BCUT2D eigenvalue weighted by Gasteiger charge is 2.04. The number of hydrogen-bond acceptors (Lipinski definition) is 4. The number of nitrogens with one attached hydrogen (secondary N) is 1. The Morgan fingerprint density at radius 1 is 1.73 bits per heavy atom. The van der Waals surface area contributed by atoms with Crippen LogP contribution in [0.5, 0.6) is 0 Å². The van der Waals surface area contributed by atoms with Crippen LogP contribution in [-0.2, 0) is 9.53 Å². The molecule has 0 aliphatic carbocycles. The molecule has 64 valence electrons. The summed E-state index contributed by atoms with van der Waals surface area (Å²) in [6.07, 6.45) is 2.19. The first kappa shape index (κ1) is 10.1. The number of carbonyl (C=O) groups excluding carboxylic acids is 1. The molecule has 0 spiro atoms. The molecule has 0 saturated carbocycles. The lowest BCUT2D eigenvalue weighted by Crippen LogP contribution is -2.10. The van der Waals surface area contributed by atoms with Crippen LogP contribution in [0.3, 0.4) is 0 Å². The Balaban J connectivity index is 4.03. The molecule has 0 aromatic carbocycles. The average Bonchev–Trinajstić information content (AvgIpc) is 2.05. The Bertz CT molecular complexity index is 154. The molecule has 0 rings (SSSR count). The van der Waals surface area contributed by atoms with Gasteiger partial charge < -0.3 is 9.94 Å². The maximum Gasteiger partial charge on any atom is 0.333 e. The second kappa shape index (κ2) is 5.88. The van der Waals surface area contributed by atoms with Crippen LogP contribution in [0.4, 0.5) is 0 Å². The van der Waals surface area contributed by atoms with Gasteiger partial charge in [0.05, 0.1) is 7.11 Å². The third kappa shape index (κ3) is 3.75. The van der Waals surface area contributed by atoms with Crippen LogP contribution < -0.4 is 5.48 Å². The Morgan fingerprint density at radius 3 is 2.73 bits per heavy atom. The van der Waals surface area contributed by atoms with Gasteiger partial charge in [0, 0.05) is 12.1 Å². The summed E-state index contributed by atoms with van der Waals surface area (Å²) in [5.41, 5.74) is 2.49. The SMILES string of the molecule is CCC(=CCNO)C(=O)OC. The van der Waals surface area contributed by atoms with E-state index in [1.54, 1.807) is 6.08 Å². The summed E-state index contributed by atoms with van der Waals surface area (Å²) in [5, 5.41) is 8.22. The summed E-state index contributed by atoms with van der Waals surface area (Å²) in [5.74, 6) is -0.345. The smallest absolute Gasteiger partial charge is 0.333 e. The predicted molar refractivity (Wildman–Crippen MR) is 40.2 cm³/mol. The van der Waals surface area contributed by atoms with Gasteiger partial charge in [-0.1, -0.05) is 13.0 Å². The molecule has 0 unspecified atom stereocenters. The van der Waals surface area contributed by atoms with Gasteiger partial charge >= 0.3 is 5.97 Å². The number of methoxy groups -OCH3 is 1. The molecule has 0 atom stereocenters. The lowest BCUT2D eigenvalue weighted by atomic mass is 10.2. The molecule has 0 aliphatic heterocycles. The maximum atomic E-state index is 10.8. The van der Waals surface area contributed by atoms with Gasteiger partial charge in [-0.25, -0.2) is 10.3 Å². The molecule has 0 heterocycles. The molecule has 0 radical (unpaired) electrons. The fourth-order valence-electron chi connectivity index (χ4n) is 0.672. The third-order valence-corrected chi connectivity index (χ3v) is 1.27. The van der Waals surface area contributed by atoms with Crippen LogP contribution in [0, 0.1) is 0 Å². The van der Waals surface area contributed by atoms with Gasteiger partial charge in [0.15, 0.2) is 0 Å². The number of esters is 1. The summed E-state index contributed by atoms with van der Waals surface area (Å²) < 4.78 is 4.48. The van der Waals surface area contributed by atoms with Crippen molar-refractivity contribution in [2.45, 2.75) is 13.3 Å². The molecule has 2 N–H and O–H groups in total. The van der Waals surface area contributed by atoms with Gasteiger partial charge in [-0.05, 0) is 6.42 Å². The topological polar surface area (TPSA) is 58.6 Å². The van der Waals surface area contributed by atoms with E-state index in [0.717, 1.165) is 0 Å². The zero-order valence-corrected chi connectivity index (χ0v) is 6.76. The van der Waals surface area contributed by atoms with Crippen molar-refractivity contribution in [3.8, 4) is 0 Å². The van der Waals surface area contributed by atoms with Crippen LogP contribution in [0.1, 0.15) is 13.3 Å². The monoisotopic (exact) mass is 159 g/mol. The Labute approximate surface area is 65.8 Å². The fraction of sp³-hybridized carbons (Fsp3) is 0.571. The molecule has 4 heteroatoms. The van der Waals surface area contributed by atoms with Gasteiger partial charge in [-0.3, -0.25) is 0 Å². The van der Waals surface area contributed by atoms with Gasteiger partial charge in [0.1, 0.15) is 0 Å². The Morgan fingerprint density at radius 2 is 2.36 bits per heavy atom. The molecule has 4 nitrogen and oxygen atoms in total. The third-order valence-electron chi connectivity index (χ3n) is 1.27. The Kier molecular flexibility index (Phi) is 5.42. The second-order valence-electron chi connectivity index (χ2n) is 1.94. The normalized spacial score (nSPS) is 11.4. The molecule has 0 aromatic rings.